The molecule has 0 spiro atoms. The van der Waals surface area contributed by atoms with Gasteiger partial charge in [-0.25, -0.2) is 0 Å². The number of carbonyl (C=O) groups excluding carboxylic acids is 2. The number of ether oxygens (including phenoxy) is 2. The van der Waals surface area contributed by atoms with E-state index in [2.05, 4.69) is 11.4 Å². The number of benzene rings is 2. The van der Waals surface area contributed by atoms with Crippen molar-refractivity contribution in [3.63, 3.8) is 0 Å². The van der Waals surface area contributed by atoms with Crippen molar-refractivity contribution in [1.82, 2.24) is 5.32 Å². The first-order valence-electron chi connectivity index (χ1n) is 8.50. The van der Waals surface area contributed by atoms with Gasteiger partial charge in [-0.05, 0) is 57.0 Å². The van der Waals surface area contributed by atoms with Gasteiger partial charge in [-0.2, -0.15) is 0 Å². The molecule has 0 saturated carbocycles. The zero-order chi connectivity index (χ0) is 19.3. The monoisotopic (exact) mass is 355 g/mol. The van der Waals surface area contributed by atoms with Crippen LogP contribution in [0.4, 0.5) is 0 Å². The first-order valence-corrected chi connectivity index (χ1v) is 8.50. The van der Waals surface area contributed by atoms with E-state index in [1.165, 1.54) is 14.0 Å². The fourth-order valence-electron chi connectivity index (χ4n) is 2.74. The summed E-state index contributed by atoms with van der Waals surface area (Å²) in [7, 11) is 1.49. The Balaban J connectivity index is 2.00. The second kappa shape index (κ2) is 8.52. The SMILES string of the molecule is COc1cc(C(C)=O)ccc1OCC(=O)NC(C)c1cc(C)ccc1C. The van der Waals surface area contributed by atoms with E-state index in [-0.39, 0.29) is 24.3 Å². The van der Waals surface area contributed by atoms with Gasteiger partial charge < -0.3 is 14.8 Å². The van der Waals surface area contributed by atoms with E-state index in [4.69, 9.17) is 9.47 Å². The number of rotatable bonds is 7. The molecule has 0 aliphatic rings. The summed E-state index contributed by atoms with van der Waals surface area (Å²) in [5.74, 6) is 0.561. The molecule has 0 radical (unpaired) electrons. The lowest BCUT2D eigenvalue weighted by atomic mass is 10.00. The van der Waals surface area contributed by atoms with Crippen LogP contribution in [0.1, 0.15) is 46.9 Å². The van der Waals surface area contributed by atoms with Crippen LogP contribution in [0.5, 0.6) is 11.5 Å². The maximum absolute atomic E-state index is 12.2. The fourth-order valence-corrected chi connectivity index (χ4v) is 2.74. The molecule has 0 aliphatic heterocycles. The molecular formula is C21H25NO4. The van der Waals surface area contributed by atoms with E-state index in [1.54, 1.807) is 18.2 Å². The van der Waals surface area contributed by atoms with Crippen LogP contribution < -0.4 is 14.8 Å². The molecule has 2 aromatic carbocycles. The summed E-state index contributed by atoms with van der Waals surface area (Å²) < 4.78 is 10.8. The number of amides is 1. The topological polar surface area (TPSA) is 64.6 Å². The largest absolute Gasteiger partial charge is 0.493 e. The Kier molecular flexibility index (Phi) is 6.39. The molecule has 26 heavy (non-hydrogen) atoms. The normalized spacial score (nSPS) is 11.6. The van der Waals surface area contributed by atoms with Gasteiger partial charge >= 0.3 is 0 Å². The smallest absolute Gasteiger partial charge is 0.258 e. The van der Waals surface area contributed by atoms with Crippen LogP contribution >= 0.6 is 0 Å². The molecule has 2 aromatic rings. The predicted octanol–water partition coefficient (Wildman–Crippen LogP) is 3.77. The Labute approximate surface area is 154 Å². The van der Waals surface area contributed by atoms with Crippen LogP contribution in [-0.4, -0.2) is 25.4 Å². The highest BCUT2D eigenvalue weighted by Gasteiger charge is 2.14. The van der Waals surface area contributed by atoms with Gasteiger partial charge in [-0.15, -0.1) is 0 Å². The lowest BCUT2D eigenvalue weighted by Gasteiger charge is -2.18. The summed E-state index contributed by atoms with van der Waals surface area (Å²) in [6, 6.07) is 10.9. The summed E-state index contributed by atoms with van der Waals surface area (Å²) in [6.07, 6.45) is 0. The Morgan fingerprint density at radius 2 is 1.81 bits per heavy atom. The Morgan fingerprint density at radius 3 is 2.46 bits per heavy atom. The van der Waals surface area contributed by atoms with Crippen LogP contribution in [0.2, 0.25) is 0 Å². The summed E-state index contributed by atoms with van der Waals surface area (Å²) in [4.78, 5) is 23.7. The standard InChI is InChI=1S/C21H25NO4/c1-13-6-7-14(2)18(10-13)15(3)22-21(24)12-26-19-9-8-17(16(4)23)11-20(19)25-5/h6-11,15H,12H2,1-5H3,(H,22,24). The minimum Gasteiger partial charge on any atom is -0.493 e. The molecule has 0 fully saturated rings. The molecule has 5 heteroatoms. The number of Topliss-reactive ketones (excluding diaryl/α,β-unsaturated/α-hetero) is 1. The average molecular weight is 355 g/mol. The molecule has 138 valence electrons. The van der Waals surface area contributed by atoms with Crippen molar-refractivity contribution in [2.75, 3.05) is 13.7 Å². The van der Waals surface area contributed by atoms with Crippen LogP contribution in [0, 0.1) is 13.8 Å². The quantitative estimate of drug-likeness (QED) is 0.768. The van der Waals surface area contributed by atoms with E-state index < -0.39 is 0 Å². The molecule has 0 bridgehead atoms. The number of aryl methyl sites for hydroxylation is 2. The molecular weight excluding hydrogens is 330 g/mol. The first-order chi connectivity index (χ1) is 12.3. The van der Waals surface area contributed by atoms with Gasteiger partial charge in [0.2, 0.25) is 0 Å². The van der Waals surface area contributed by atoms with E-state index in [0.29, 0.717) is 17.1 Å². The van der Waals surface area contributed by atoms with Gasteiger partial charge in [0.15, 0.2) is 23.9 Å². The van der Waals surface area contributed by atoms with E-state index >= 15 is 0 Å². The molecule has 1 atom stereocenters. The van der Waals surface area contributed by atoms with Gasteiger partial charge in [0.1, 0.15) is 0 Å². The molecule has 1 amide bonds. The number of hydrogen-bond donors (Lipinski definition) is 1. The summed E-state index contributed by atoms with van der Waals surface area (Å²) in [5.41, 5.74) is 3.90. The van der Waals surface area contributed by atoms with Crippen molar-refractivity contribution in [3.05, 3.63) is 58.7 Å². The molecule has 0 aliphatic carbocycles. The Bertz CT molecular complexity index is 814. The number of carbonyl (C=O) groups is 2. The molecule has 0 aromatic heterocycles. The zero-order valence-electron chi connectivity index (χ0n) is 15.9. The maximum atomic E-state index is 12.2. The van der Waals surface area contributed by atoms with E-state index in [9.17, 15) is 9.59 Å². The number of hydrogen-bond acceptors (Lipinski definition) is 4. The van der Waals surface area contributed by atoms with Crippen LogP contribution in [0.15, 0.2) is 36.4 Å². The van der Waals surface area contributed by atoms with Crippen LogP contribution in [0.25, 0.3) is 0 Å². The molecule has 2 rings (SSSR count). The van der Waals surface area contributed by atoms with Gasteiger partial charge in [0, 0.05) is 5.56 Å². The molecule has 1 N–H and O–H groups in total. The van der Waals surface area contributed by atoms with E-state index in [1.807, 2.05) is 32.9 Å². The van der Waals surface area contributed by atoms with Gasteiger partial charge in [0.25, 0.3) is 5.91 Å². The molecule has 5 nitrogen and oxygen atoms in total. The molecule has 0 heterocycles. The highest BCUT2D eigenvalue weighted by molar-refractivity contribution is 5.94. The van der Waals surface area contributed by atoms with Gasteiger partial charge in [0.05, 0.1) is 13.2 Å². The maximum Gasteiger partial charge on any atom is 0.258 e. The number of nitrogens with one attached hydrogen (secondary N) is 1. The summed E-state index contributed by atoms with van der Waals surface area (Å²) in [6.45, 7) is 7.34. The lowest BCUT2D eigenvalue weighted by Crippen LogP contribution is -2.31. The third-order valence-electron chi connectivity index (χ3n) is 4.21. The van der Waals surface area contributed by atoms with Crippen molar-refractivity contribution in [2.45, 2.75) is 33.7 Å². The third-order valence-corrected chi connectivity index (χ3v) is 4.21. The predicted molar refractivity (Wildman–Crippen MR) is 101 cm³/mol. The Morgan fingerprint density at radius 1 is 1.08 bits per heavy atom. The minimum absolute atomic E-state index is 0.0602. The van der Waals surface area contributed by atoms with Crippen molar-refractivity contribution in [2.24, 2.45) is 0 Å². The van der Waals surface area contributed by atoms with E-state index in [0.717, 1.165) is 16.7 Å². The lowest BCUT2D eigenvalue weighted by molar-refractivity contribution is -0.123. The number of methoxy groups -OCH3 is 1. The second-order valence-electron chi connectivity index (χ2n) is 6.36. The molecule has 0 saturated heterocycles. The van der Waals surface area contributed by atoms with Crippen LogP contribution in [-0.2, 0) is 4.79 Å². The highest BCUT2D eigenvalue weighted by atomic mass is 16.5. The average Bonchev–Trinajstić information content (AvgIpc) is 2.61. The highest BCUT2D eigenvalue weighted by Crippen LogP contribution is 2.28. The second-order valence-corrected chi connectivity index (χ2v) is 6.36. The van der Waals surface area contributed by atoms with Crippen molar-refractivity contribution < 1.29 is 19.1 Å². The fraction of sp³-hybridized carbons (Fsp3) is 0.333. The van der Waals surface area contributed by atoms with Crippen molar-refractivity contribution in [1.29, 1.82) is 0 Å². The summed E-state index contributed by atoms with van der Waals surface area (Å²) in [5, 5.41) is 2.94. The summed E-state index contributed by atoms with van der Waals surface area (Å²) >= 11 is 0. The molecule has 1 unspecified atom stereocenters. The number of ketones is 1. The zero-order valence-corrected chi connectivity index (χ0v) is 15.9. The third kappa shape index (κ3) is 4.85. The first kappa shape index (κ1) is 19.5. The minimum atomic E-state index is -0.226. The van der Waals surface area contributed by atoms with Crippen LogP contribution in [0.3, 0.4) is 0 Å². The van der Waals surface area contributed by atoms with Crippen molar-refractivity contribution >= 4 is 11.7 Å². The van der Waals surface area contributed by atoms with Crippen molar-refractivity contribution in [3.8, 4) is 11.5 Å². The van der Waals surface area contributed by atoms with Gasteiger partial charge in [-0.1, -0.05) is 23.8 Å². The van der Waals surface area contributed by atoms with Gasteiger partial charge in [-0.3, -0.25) is 9.59 Å². The Hall–Kier alpha value is -2.82.